The van der Waals surface area contributed by atoms with E-state index in [2.05, 4.69) is 12.1 Å². The van der Waals surface area contributed by atoms with E-state index in [1.54, 1.807) is 0 Å². The Bertz CT molecular complexity index is 334. The van der Waals surface area contributed by atoms with Gasteiger partial charge in [-0.25, -0.2) is 0 Å². The minimum Gasteiger partial charge on any atom is -0.381 e. The molecule has 0 spiro atoms. The Hall–Kier alpha value is -1.33. The molecule has 0 amide bonds. The lowest BCUT2D eigenvalue weighted by Gasteiger charge is -2.06. The van der Waals surface area contributed by atoms with Gasteiger partial charge in [0.15, 0.2) is 0 Å². The molecule has 0 aromatic heterocycles. The van der Waals surface area contributed by atoms with Gasteiger partial charge in [-0.2, -0.15) is 5.26 Å². The van der Waals surface area contributed by atoms with E-state index in [-0.39, 0.29) is 0 Å². The van der Waals surface area contributed by atoms with Gasteiger partial charge >= 0.3 is 0 Å². The molecule has 2 nitrogen and oxygen atoms in total. The van der Waals surface area contributed by atoms with Gasteiger partial charge in [-0.1, -0.05) is 12.1 Å². The number of nitriles is 1. The molecule has 1 aromatic carbocycles. The second-order valence-electron chi connectivity index (χ2n) is 3.30. The predicted octanol–water partition coefficient (Wildman–Crippen LogP) is 2.06. The van der Waals surface area contributed by atoms with Gasteiger partial charge in [0, 0.05) is 12.5 Å². The molecule has 1 saturated heterocycles. The molecule has 1 aliphatic rings. The van der Waals surface area contributed by atoms with Crippen molar-refractivity contribution in [3.8, 4) is 6.07 Å². The molecular weight excluding hydrogens is 162 g/mol. The minimum absolute atomic E-state index is 0.494. The Kier molecular flexibility index (Phi) is 2.29. The molecule has 1 unspecified atom stereocenters. The first-order valence-electron chi connectivity index (χ1n) is 4.48. The Morgan fingerprint density at radius 1 is 1.46 bits per heavy atom. The topological polar surface area (TPSA) is 33.0 Å². The van der Waals surface area contributed by atoms with Crippen LogP contribution in [0.15, 0.2) is 24.3 Å². The highest BCUT2D eigenvalue weighted by Crippen LogP contribution is 2.25. The summed E-state index contributed by atoms with van der Waals surface area (Å²) in [7, 11) is 0. The van der Waals surface area contributed by atoms with Crippen LogP contribution in [-0.2, 0) is 4.74 Å². The van der Waals surface area contributed by atoms with Gasteiger partial charge < -0.3 is 4.74 Å². The maximum Gasteiger partial charge on any atom is 0.0991 e. The van der Waals surface area contributed by atoms with Gasteiger partial charge in [0.05, 0.1) is 18.2 Å². The highest BCUT2D eigenvalue weighted by molar-refractivity contribution is 5.34. The van der Waals surface area contributed by atoms with Crippen molar-refractivity contribution in [3.05, 3.63) is 35.4 Å². The molecular formula is C11H11NO. The fraction of sp³-hybridized carbons (Fsp3) is 0.364. The van der Waals surface area contributed by atoms with Crippen molar-refractivity contribution in [2.45, 2.75) is 12.3 Å². The van der Waals surface area contributed by atoms with Gasteiger partial charge in [0.2, 0.25) is 0 Å². The van der Waals surface area contributed by atoms with Gasteiger partial charge in [-0.15, -0.1) is 0 Å². The van der Waals surface area contributed by atoms with Gasteiger partial charge in [-0.05, 0) is 24.1 Å². The molecule has 1 aromatic rings. The van der Waals surface area contributed by atoms with Gasteiger partial charge in [0.25, 0.3) is 0 Å². The van der Waals surface area contributed by atoms with E-state index in [0.717, 1.165) is 25.2 Å². The number of nitrogens with zero attached hydrogens (tertiary/aromatic N) is 1. The quantitative estimate of drug-likeness (QED) is 0.651. The second kappa shape index (κ2) is 3.59. The van der Waals surface area contributed by atoms with E-state index in [0.29, 0.717) is 5.92 Å². The molecule has 2 rings (SSSR count). The highest BCUT2D eigenvalue weighted by Gasteiger charge is 2.17. The minimum atomic E-state index is 0.494. The van der Waals surface area contributed by atoms with E-state index in [4.69, 9.17) is 10.00 Å². The second-order valence-corrected chi connectivity index (χ2v) is 3.30. The lowest BCUT2D eigenvalue weighted by molar-refractivity contribution is 0.194. The first kappa shape index (κ1) is 8.28. The number of ether oxygens (including phenoxy) is 1. The zero-order valence-corrected chi connectivity index (χ0v) is 7.36. The number of benzene rings is 1. The Labute approximate surface area is 77.8 Å². The van der Waals surface area contributed by atoms with Crippen LogP contribution in [0.2, 0.25) is 0 Å². The van der Waals surface area contributed by atoms with E-state index < -0.39 is 0 Å². The first-order valence-corrected chi connectivity index (χ1v) is 4.48. The summed E-state index contributed by atoms with van der Waals surface area (Å²) in [6, 6.07) is 9.95. The number of hydrogen-bond acceptors (Lipinski definition) is 2. The standard InChI is InChI=1S/C11H11NO/c12-7-9-2-1-3-10(6-9)11-4-5-13-8-11/h1-3,6,11H,4-5,8H2. The van der Waals surface area contributed by atoms with Crippen LogP contribution < -0.4 is 0 Å². The predicted molar refractivity (Wildman–Crippen MR) is 49.3 cm³/mol. The molecule has 1 aliphatic heterocycles. The smallest absolute Gasteiger partial charge is 0.0991 e. The van der Waals surface area contributed by atoms with Crippen molar-refractivity contribution >= 4 is 0 Å². The van der Waals surface area contributed by atoms with Crippen LogP contribution in [0.4, 0.5) is 0 Å². The Morgan fingerprint density at radius 2 is 2.38 bits per heavy atom. The van der Waals surface area contributed by atoms with Crippen LogP contribution in [0.3, 0.4) is 0 Å². The molecule has 1 heterocycles. The maximum atomic E-state index is 8.72. The van der Waals surface area contributed by atoms with Gasteiger partial charge in [-0.3, -0.25) is 0 Å². The molecule has 0 N–H and O–H groups in total. The molecule has 2 heteroatoms. The van der Waals surface area contributed by atoms with E-state index in [9.17, 15) is 0 Å². The van der Waals surface area contributed by atoms with Crippen molar-refractivity contribution in [3.63, 3.8) is 0 Å². The third-order valence-electron chi connectivity index (χ3n) is 2.42. The van der Waals surface area contributed by atoms with Crippen LogP contribution in [0.5, 0.6) is 0 Å². The summed E-state index contributed by atoms with van der Waals surface area (Å²) in [5.41, 5.74) is 1.97. The van der Waals surface area contributed by atoms with Crippen molar-refractivity contribution in [1.82, 2.24) is 0 Å². The highest BCUT2D eigenvalue weighted by atomic mass is 16.5. The summed E-state index contributed by atoms with van der Waals surface area (Å²) in [4.78, 5) is 0. The third-order valence-corrected chi connectivity index (χ3v) is 2.42. The molecule has 0 radical (unpaired) electrons. The SMILES string of the molecule is N#Cc1cccc(C2CCOC2)c1. The lowest BCUT2D eigenvalue weighted by Crippen LogP contribution is -1.97. The van der Waals surface area contributed by atoms with E-state index in [1.165, 1.54) is 5.56 Å². The summed E-state index contributed by atoms with van der Waals surface area (Å²) >= 11 is 0. The van der Waals surface area contributed by atoms with E-state index >= 15 is 0 Å². The first-order chi connectivity index (χ1) is 6.40. The lowest BCUT2D eigenvalue weighted by atomic mass is 9.97. The van der Waals surface area contributed by atoms with Crippen LogP contribution >= 0.6 is 0 Å². The average molecular weight is 173 g/mol. The normalized spacial score (nSPS) is 21.3. The fourth-order valence-electron chi connectivity index (χ4n) is 1.66. The third kappa shape index (κ3) is 1.71. The summed E-state index contributed by atoms with van der Waals surface area (Å²) in [6.07, 6.45) is 1.08. The molecule has 1 fully saturated rings. The van der Waals surface area contributed by atoms with Crippen LogP contribution in [0.25, 0.3) is 0 Å². The average Bonchev–Trinajstić information content (AvgIpc) is 2.71. The van der Waals surface area contributed by atoms with Crippen LogP contribution in [0.1, 0.15) is 23.5 Å². The summed E-state index contributed by atoms with van der Waals surface area (Å²) in [6.45, 7) is 1.65. The molecule has 1 atom stereocenters. The van der Waals surface area contributed by atoms with Crippen molar-refractivity contribution in [1.29, 1.82) is 5.26 Å². The maximum absolute atomic E-state index is 8.72. The van der Waals surface area contributed by atoms with Crippen LogP contribution in [0, 0.1) is 11.3 Å². The molecule has 13 heavy (non-hydrogen) atoms. The number of hydrogen-bond donors (Lipinski definition) is 0. The molecule has 0 saturated carbocycles. The van der Waals surface area contributed by atoms with Crippen molar-refractivity contribution in [2.75, 3.05) is 13.2 Å². The Balaban J connectivity index is 2.25. The molecule has 0 aliphatic carbocycles. The molecule has 0 bridgehead atoms. The fourth-order valence-corrected chi connectivity index (χ4v) is 1.66. The molecule has 66 valence electrons. The summed E-state index contributed by atoms with van der Waals surface area (Å²) in [5, 5.41) is 8.72. The summed E-state index contributed by atoms with van der Waals surface area (Å²) < 4.78 is 5.30. The summed E-state index contributed by atoms with van der Waals surface area (Å²) in [5.74, 6) is 0.494. The zero-order valence-electron chi connectivity index (χ0n) is 7.36. The van der Waals surface area contributed by atoms with E-state index in [1.807, 2.05) is 18.2 Å². The van der Waals surface area contributed by atoms with Crippen molar-refractivity contribution in [2.24, 2.45) is 0 Å². The monoisotopic (exact) mass is 173 g/mol. The number of rotatable bonds is 1. The largest absolute Gasteiger partial charge is 0.381 e. The zero-order chi connectivity index (χ0) is 9.10. The Morgan fingerprint density at radius 3 is 3.08 bits per heavy atom. The van der Waals surface area contributed by atoms with Crippen LogP contribution in [-0.4, -0.2) is 13.2 Å². The van der Waals surface area contributed by atoms with Crippen molar-refractivity contribution < 1.29 is 4.74 Å². The van der Waals surface area contributed by atoms with Gasteiger partial charge in [0.1, 0.15) is 0 Å².